The summed E-state index contributed by atoms with van der Waals surface area (Å²) in [6, 6.07) is 3.50. The van der Waals surface area contributed by atoms with E-state index in [0.29, 0.717) is 5.82 Å². The van der Waals surface area contributed by atoms with Gasteiger partial charge in [0, 0.05) is 6.07 Å². The molecule has 0 fully saturated rings. The molecule has 4 heteroatoms. The summed E-state index contributed by atoms with van der Waals surface area (Å²) < 4.78 is 1.42. The van der Waals surface area contributed by atoms with E-state index in [4.69, 9.17) is 5.73 Å². The Morgan fingerprint density at radius 3 is 2.92 bits per heavy atom. The highest BCUT2D eigenvalue weighted by molar-refractivity contribution is 5.62. The molecule has 0 radical (unpaired) electrons. The van der Waals surface area contributed by atoms with Gasteiger partial charge < -0.3 is 9.90 Å². The largest absolute Gasteiger partial charge is 0.546 e. The van der Waals surface area contributed by atoms with Crippen LogP contribution in [0.3, 0.4) is 0 Å². The van der Waals surface area contributed by atoms with Gasteiger partial charge in [-0.3, -0.25) is 5.73 Å². The molecule has 0 bridgehead atoms. The van der Waals surface area contributed by atoms with Gasteiger partial charge in [0.2, 0.25) is 0 Å². The first-order valence-corrected chi connectivity index (χ1v) is 3.55. The average Bonchev–Trinajstić information content (AvgIpc) is 1.94. The van der Waals surface area contributed by atoms with Crippen molar-refractivity contribution in [1.29, 1.82) is 0 Å². The summed E-state index contributed by atoms with van der Waals surface area (Å²) >= 11 is 0. The van der Waals surface area contributed by atoms with Crippen molar-refractivity contribution in [2.24, 2.45) is 0 Å². The number of pyridine rings is 1. The summed E-state index contributed by atoms with van der Waals surface area (Å²) in [7, 11) is 0. The number of nitrogens with zero attached hydrogens (tertiary/aromatic N) is 1. The minimum atomic E-state index is -1.14. The van der Waals surface area contributed by atoms with E-state index < -0.39 is 5.97 Å². The van der Waals surface area contributed by atoms with Crippen LogP contribution < -0.4 is 15.4 Å². The maximum Gasteiger partial charge on any atom is 0.272 e. The van der Waals surface area contributed by atoms with Crippen LogP contribution in [-0.2, 0) is 11.3 Å². The lowest BCUT2D eigenvalue weighted by Crippen LogP contribution is -2.45. The van der Waals surface area contributed by atoms with E-state index in [-0.39, 0.29) is 6.54 Å². The summed E-state index contributed by atoms with van der Waals surface area (Å²) in [6.07, 6.45) is 1.63. The molecule has 0 atom stereocenters. The molecular formula is C8H10N2O2. The van der Waals surface area contributed by atoms with Crippen LogP contribution in [0.15, 0.2) is 18.3 Å². The smallest absolute Gasteiger partial charge is 0.272 e. The van der Waals surface area contributed by atoms with Crippen LogP contribution in [-0.4, -0.2) is 5.97 Å². The van der Waals surface area contributed by atoms with Gasteiger partial charge in [-0.25, -0.2) is 4.57 Å². The predicted molar refractivity (Wildman–Crippen MR) is 40.8 cm³/mol. The molecule has 0 aliphatic heterocycles. The number of aromatic nitrogens is 1. The Balaban J connectivity index is 2.93. The topological polar surface area (TPSA) is 70.0 Å². The van der Waals surface area contributed by atoms with Crippen LogP contribution in [0.25, 0.3) is 0 Å². The number of nitrogens with two attached hydrogens (primary N) is 1. The van der Waals surface area contributed by atoms with Crippen LogP contribution in [0.1, 0.15) is 5.56 Å². The number of carboxylic acid groups (broad SMARTS) is 1. The van der Waals surface area contributed by atoms with E-state index in [1.54, 1.807) is 18.3 Å². The minimum Gasteiger partial charge on any atom is -0.546 e. The molecule has 0 unspecified atom stereocenters. The minimum absolute atomic E-state index is 0.202. The van der Waals surface area contributed by atoms with Gasteiger partial charge in [-0.05, 0) is 18.6 Å². The quantitative estimate of drug-likeness (QED) is 0.550. The molecule has 1 aromatic rings. The van der Waals surface area contributed by atoms with Crippen molar-refractivity contribution in [3.63, 3.8) is 0 Å². The lowest BCUT2D eigenvalue weighted by Gasteiger charge is -2.03. The highest BCUT2D eigenvalue weighted by Crippen LogP contribution is 1.98. The van der Waals surface area contributed by atoms with Crippen molar-refractivity contribution in [2.45, 2.75) is 13.5 Å². The van der Waals surface area contributed by atoms with Gasteiger partial charge in [-0.15, -0.1) is 0 Å². The van der Waals surface area contributed by atoms with Gasteiger partial charge in [0.15, 0.2) is 0 Å². The summed E-state index contributed by atoms with van der Waals surface area (Å²) in [5.74, 6) is -0.713. The fourth-order valence-electron chi connectivity index (χ4n) is 0.941. The predicted octanol–water partition coefficient (Wildman–Crippen LogP) is -1.39. The number of rotatable bonds is 2. The standard InChI is InChI=1S/C8H10N2O2/c1-6-2-3-10(5-8(11)12)7(9)4-6/h2-4,9H,5H2,1H3,(H,11,12). The normalized spacial score (nSPS) is 9.75. The van der Waals surface area contributed by atoms with Crippen molar-refractivity contribution < 1.29 is 14.5 Å². The number of hydrogen-bond donors (Lipinski definition) is 1. The van der Waals surface area contributed by atoms with E-state index >= 15 is 0 Å². The number of aryl methyl sites for hydroxylation is 1. The number of hydrogen-bond acceptors (Lipinski definition) is 3. The Morgan fingerprint density at radius 2 is 2.42 bits per heavy atom. The van der Waals surface area contributed by atoms with Gasteiger partial charge in [0.05, 0.1) is 12.2 Å². The number of aliphatic carboxylic acids is 1. The van der Waals surface area contributed by atoms with Gasteiger partial charge >= 0.3 is 0 Å². The molecule has 0 aromatic carbocycles. The Kier molecular flexibility index (Phi) is 2.28. The van der Waals surface area contributed by atoms with Crippen LogP contribution in [0.2, 0.25) is 0 Å². The molecule has 2 N–H and O–H groups in total. The SMILES string of the molecule is Cc1cc[n+](CC(=O)[O-])c(N)c1. The summed E-state index contributed by atoms with van der Waals surface area (Å²) in [5, 5.41) is 10.2. The molecule has 0 amide bonds. The van der Waals surface area contributed by atoms with E-state index in [2.05, 4.69) is 0 Å². The fraction of sp³-hybridized carbons (Fsp3) is 0.250. The first kappa shape index (κ1) is 8.52. The Labute approximate surface area is 70.3 Å². The maximum absolute atomic E-state index is 10.2. The molecule has 0 spiro atoms. The van der Waals surface area contributed by atoms with Gasteiger partial charge in [0.1, 0.15) is 6.54 Å². The highest BCUT2D eigenvalue weighted by Gasteiger charge is 2.02. The molecule has 4 nitrogen and oxygen atoms in total. The molecule has 0 saturated carbocycles. The molecule has 1 rings (SSSR count). The second-order valence-corrected chi connectivity index (χ2v) is 2.63. The zero-order valence-corrected chi connectivity index (χ0v) is 6.78. The monoisotopic (exact) mass is 166 g/mol. The van der Waals surface area contributed by atoms with E-state index in [1.165, 1.54) is 4.57 Å². The van der Waals surface area contributed by atoms with Crippen LogP contribution in [0.4, 0.5) is 5.82 Å². The number of anilines is 1. The molecule has 0 aliphatic rings. The Bertz CT molecular complexity index is 310. The molecule has 64 valence electrons. The lowest BCUT2D eigenvalue weighted by atomic mass is 10.3. The van der Waals surface area contributed by atoms with Crippen LogP contribution >= 0.6 is 0 Å². The van der Waals surface area contributed by atoms with E-state index in [0.717, 1.165) is 5.56 Å². The highest BCUT2D eigenvalue weighted by atomic mass is 16.4. The van der Waals surface area contributed by atoms with Crippen LogP contribution in [0.5, 0.6) is 0 Å². The average molecular weight is 166 g/mol. The second kappa shape index (κ2) is 3.21. The van der Waals surface area contributed by atoms with E-state index in [9.17, 15) is 9.90 Å². The maximum atomic E-state index is 10.2. The van der Waals surface area contributed by atoms with Crippen LogP contribution in [0, 0.1) is 6.92 Å². The van der Waals surface area contributed by atoms with Crippen molar-refractivity contribution in [1.82, 2.24) is 0 Å². The zero-order chi connectivity index (χ0) is 9.14. The first-order valence-electron chi connectivity index (χ1n) is 3.55. The molecular weight excluding hydrogens is 156 g/mol. The Morgan fingerprint density at radius 1 is 1.75 bits per heavy atom. The zero-order valence-electron chi connectivity index (χ0n) is 6.78. The molecule has 0 aliphatic carbocycles. The number of nitrogen functional groups attached to an aromatic ring is 1. The molecule has 1 aromatic heterocycles. The van der Waals surface area contributed by atoms with Gasteiger partial charge in [-0.2, -0.15) is 0 Å². The third-order valence-corrected chi connectivity index (χ3v) is 1.52. The van der Waals surface area contributed by atoms with Crippen molar-refractivity contribution in [3.8, 4) is 0 Å². The summed E-state index contributed by atoms with van der Waals surface area (Å²) in [6.45, 7) is 1.69. The number of carbonyl (C=O) groups is 1. The first-order chi connectivity index (χ1) is 5.59. The van der Waals surface area contributed by atoms with Gasteiger partial charge in [0.25, 0.3) is 5.82 Å². The molecule has 12 heavy (non-hydrogen) atoms. The summed E-state index contributed by atoms with van der Waals surface area (Å²) in [5.41, 5.74) is 6.54. The van der Waals surface area contributed by atoms with Crippen molar-refractivity contribution in [3.05, 3.63) is 23.9 Å². The molecule has 1 heterocycles. The second-order valence-electron chi connectivity index (χ2n) is 2.63. The fourth-order valence-corrected chi connectivity index (χ4v) is 0.941. The van der Waals surface area contributed by atoms with Gasteiger partial charge in [-0.1, -0.05) is 0 Å². The lowest BCUT2D eigenvalue weighted by molar-refractivity contribution is -0.676. The number of carboxylic acids is 1. The third-order valence-electron chi connectivity index (χ3n) is 1.52. The third kappa shape index (κ3) is 1.95. The Hall–Kier alpha value is -1.58. The molecule has 0 saturated heterocycles. The van der Waals surface area contributed by atoms with Crippen molar-refractivity contribution >= 4 is 11.8 Å². The van der Waals surface area contributed by atoms with Crippen molar-refractivity contribution in [2.75, 3.05) is 5.73 Å². The van der Waals surface area contributed by atoms with E-state index in [1.807, 2.05) is 6.92 Å². The summed E-state index contributed by atoms with van der Waals surface area (Å²) in [4.78, 5) is 10.2. The number of carbonyl (C=O) groups excluding carboxylic acids is 1.